The van der Waals surface area contributed by atoms with Crippen molar-refractivity contribution < 1.29 is 32.2 Å². The molecular weight excluding hydrogens is 357 g/mol. The van der Waals surface area contributed by atoms with Gasteiger partial charge in [-0.05, 0) is 19.1 Å². The Morgan fingerprint density at radius 3 is 2.57 bits per heavy atom. The van der Waals surface area contributed by atoms with Crippen molar-refractivity contribution in [1.29, 1.82) is 0 Å². The van der Waals surface area contributed by atoms with Gasteiger partial charge < -0.3 is 14.2 Å². The summed E-state index contributed by atoms with van der Waals surface area (Å²) >= 11 is 3.11. The maximum atomic E-state index is 12.1. The van der Waals surface area contributed by atoms with Crippen molar-refractivity contribution in [3.63, 3.8) is 0 Å². The van der Waals surface area contributed by atoms with Crippen molar-refractivity contribution >= 4 is 21.9 Å². The number of hydrogen-bond donors (Lipinski definition) is 0. The van der Waals surface area contributed by atoms with E-state index in [0.717, 1.165) is 18.2 Å². The maximum absolute atomic E-state index is 12.1. The van der Waals surface area contributed by atoms with Crippen LogP contribution in [-0.4, -0.2) is 24.3 Å². The van der Waals surface area contributed by atoms with E-state index in [1.807, 2.05) is 0 Å². The molecule has 0 fully saturated rings. The van der Waals surface area contributed by atoms with Gasteiger partial charge in [0.15, 0.2) is 0 Å². The van der Waals surface area contributed by atoms with Crippen LogP contribution in [0.4, 0.5) is 13.2 Å². The van der Waals surface area contributed by atoms with Crippen molar-refractivity contribution in [3.05, 3.63) is 36.1 Å². The smallest absolute Gasteiger partial charge is 0.463 e. The molecule has 0 N–H and O–H groups in total. The molecule has 8 heteroatoms. The number of rotatable bonds is 6. The molecule has 1 rings (SSSR count). The lowest BCUT2D eigenvalue weighted by molar-refractivity contribution is -0.274. The summed E-state index contributed by atoms with van der Waals surface area (Å²) in [6.45, 7) is 1.86. The van der Waals surface area contributed by atoms with E-state index in [1.54, 1.807) is 6.92 Å². The third-order valence-corrected chi connectivity index (χ3v) is 2.54. The SMILES string of the molecule is CCOC(=O)/C=C(/CBr)Oc1cccc(OC(F)(F)F)c1. The summed E-state index contributed by atoms with van der Waals surface area (Å²) in [5, 5.41) is 0.191. The lowest BCUT2D eigenvalue weighted by atomic mass is 10.3. The van der Waals surface area contributed by atoms with Crippen molar-refractivity contribution in [2.45, 2.75) is 13.3 Å². The Hall–Kier alpha value is -1.70. The fourth-order valence-corrected chi connectivity index (χ4v) is 1.57. The second-order valence-corrected chi connectivity index (χ2v) is 4.18. The second kappa shape index (κ2) is 7.92. The van der Waals surface area contributed by atoms with Gasteiger partial charge in [0.2, 0.25) is 0 Å². The van der Waals surface area contributed by atoms with Gasteiger partial charge in [0, 0.05) is 6.07 Å². The van der Waals surface area contributed by atoms with Gasteiger partial charge in [0.05, 0.1) is 18.0 Å². The van der Waals surface area contributed by atoms with E-state index in [2.05, 4.69) is 20.7 Å². The minimum Gasteiger partial charge on any atom is -0.463 e. The van der Waals surface area contributed by atoms with Gasteiger partial charge in [-0.3, -0.25) is 0 Å². The zero-order valence-electron chi connectivity index (χ0n) is 10.9. The van der Waals surface area contributed by atoms with Crippen LogP contribution in [0.25, 0.3) is 0 Å². The minimum absolute atomic E-state index is 0.103. The van der Waals surface area contributed by atoms with E-state index in [0.29, 0.717) is 0 Å². The number of ether oxygens (including phenoxy) is 3. The summed E-state index contributed by atoms with van der Waals surface area (Å²) in [7, 11) is 0. The highest BCUT2D eigenvalue weighted by Gasteiger charge is 2.31. The van der Waals surface area contributed by atoms with Gasteiger partial charge in [-0.2, -0.15) is 0 Å². The molecule has 0 saturated carbocycles. The molecule has 116 valence electrons. The van der Waals surface area contributed by atoms with Gasteiger partial charge in [-0.25, -0.2) is 4.79 Å². The molecule has 0 atom stereocenters. The van der Waals surface area contributed by atoms with Crippen LogP contribution in [-0.2, 0) is 9.53 Å². The molecule has 0 unspecified atom stereocenters. The van der Waals surface area contributed by atoms with Gasteiger partial charge in [0.25, 0.3) is 0 Å². The van der Waals surface area contributed by atoms with E-state index in [9.17, 15) is 18.0 Å². The fraction of sp³-hybridized carbons (Fsp3) is 0.308. The monoisotopic (exact) mass is 368 g/mol. The predicted octanol–water partition coefficient (Wildman–Crippen LogP) is 3.81. The van der Waals surface area contributed by atoms with Crippen LogP contribution < -0.4 is 9.47 Å². The average Bonchev–Trinajstić information content (AvgIpc) is 2.36. The predicted molar refractivity (Wildman–Crippen MR) is 72.3 cm³/mol. The van der Waals surface area contributed by atoms with Crippen LogP contribution in [0.15, 0.2) is 36.1 Å². The minimum atomic E-state index is -4.78. The molecule has 1 aromatic rings. The number of halogens is 4. The second-order valence-electron chi connectivity index (χ2n) is 3.62. The molecule has 1 aromatic carbocycles. The number of benzene rings is 1. The van der Waals surface area contributed by atoms with Gasteiger partial charge >= 0.3 is 12.3 Å². The first-order valence-electron chi connectivity index (χ1n) is 5.81. The summed E-state index contributed by atoms with van der Waals surface area (Å²) in [6, 6.07) is 4.98. The third kappa shape index (κ3) is 7.03. The molecule has 4 nitrogen and oxygen atoms in total. The number of hydrogen-bond acceptors (Lipinski definition) is 4. The molecule has 0 aliphatic heterocycles. The van der Waals surface area contributed by atoms with Crippen molar-refractivity contribution in [2.75, 3.05) is 11.9 Å². The molecule has 0 aromatic heterocycles. The van der Waals surface area contributed by atoms with Crippen molar-refractivity contribution in [2.24, 2.45) is 0 Å². The Morgan fingerprint density at radius 1 is 1.33 bits per heavy atom. The molecule has 0 saturated heterocycles. The normalized spacial score (nSPS) is 12.0. The van der Waals surface area contributed by atoms with E-state index >= 15 is 0 Å². The molecule has 0 bridgehead atoms. The zero-order valence-corrected chi connectivity index (χ0v) is 12.5. The molecule has 0 aliphatic rings. The highest BCUT2D eigenvalue weighted by molar-refractivity contribution is 9.09. The number of allylic oxidation sites excluding steroid dienone is 1. The third-order valence-electron chi connectivity index (χ3n) is 1.99. The maximum Gasteiger partial charge on any atom is 0.573 e. The van der Waals surface area contributed by atoms with Crippen LogP contribution in [0.3, 0.4) is 0 Å². The fourth-order valence-electron chi connectivity index (χ4n) is 1.30. The molecule has 0 radical (unpaired) electrons. The highest BCUT2D eigenvalue weighted by atomic mass is 79.9. The van der Waals surface area contributed by atoms with Crippen molar-refractivity contribution in [1.82, 2.24) is 0 Å². The quantitative estimate of drug-likeness (QED) is 0.331. The van der Waals surface area contributed by atoms with Crippen LogP contribution >= 0.6 is 15.9 Å². The Labute approximate surface area is 127 Å². The van der Waals surface area contributed by atoms with E-state index < -0.39 is 18.1 Å². The Balaban J connectivity index is 2.81. The first-order chi connectivity index (χ1) is 9.84. The molecule has 0 heterocycles. The average molecular weight is 369 g/mol. The van der Waals surface area contributed by atoms with Gasteiger partial charge in [-0.15, -0.1) is 13.2 Å². The molecule has 21 heavy (non-hydrogen) atoms. The molecule has 0 spiro atoms. The van der Waals surface area contributed by atoms with Crippen LogP contribution in [0.2, 0.25) is 0 Å². The number of carbonyl (C=O) groups excluding carboxylic acids is 1. The Bertz CT molecular complexity index is 514. The van der Waals surface area contributed by atoms with E-state index in [4.69, 9.17) is 9.47 Å². The van der Waals surface area contributed by atoms with Crippen LogP contribution in [0, 0.1) is 0 Å². The summed E-state index contributed by atoms with van der Waals surface area (Å²) < 4.78 is 50.1. The molecular formula is C13H12BrF3O4. The number of alkyl halides is 4. The first kappa shape index (κ1) is 17.4. The standard InChI is InChI=1S/C13H12BrF3O4/c1-2-19-12(18)7-11(8-14)20-9-4-3-5-10(6-9)21-13(15,16)17/h3-7H,2,8H2,1H3/b11-7-. The van der Waals surface area contributed by atoms with Crippen LogP contribution in [0.5, 0.6) is 11.5 Å². The zero-order chi connectivity index (χ0) is 15.9. The van der Waals surface area contributed by atoms with Gasteiger partial charge in [0.1, 0.15) is 17.3 Å². The summed E-state index contributed by atoms with van der Waals surface area (Å²) in [5.74, 6) is -0.718. The highest BCUT2D eigenvalue weighted by Crippen LogP contribution is 2.27. The first-order valence-corrected chi connectivity index (χ1v) is 6.93. The van der Waals surface area contributed by atoms with Crippen LogP contribution in [0.1, 0.15) is 6.92 Å². The van der Waals surface area contributed by atoms with Crippen molar-refractivity contribution in [3.8, 4) is 11.5 Å². The number of esters is 1. The van der Waals surface area contributed by atoms with E-state index in [-0.39, 0.29) is 23.4 Å². The lowest BCUT2D eigenvalue weighted by Crippen LogP contribution is -2.17. The Kier molecular flexibility index (Phi) is 6.54. The largest absolute Gasteiger partial charge is 0.573 e. The van der Waals surface area contributed by atoms with Gasteiger partial charge in [-0.1, -0.05) is 22.0 Å². The van der Waals surface area contributed by atoms with E-state index in [1.165, 1.54) is 12.1 Å². The summed E-state index contributed by atoms with van der Waals surface area (Å²) in [4.78, 5) is 11.3. The Morgan fingerprint density at radius 2 is 2.00 bits per heavy atom. The molecule has 0 amide bonds. The molecule has 0 aliphatic carbocycles. The lowest BCUT2D eigenvalue weighted by Gasteiger charge is -2.11. The summed E-state index contributed by atoms with van der Waals surface area (Å²) in [6.07, 6.45) is -3.67. The number of carbonyl (C=O) groups is 1. The summed E-state index contributed by atoms with van der Waals surface area (Å²) in [5.41, 5.74) is 0. The topological polar surface area (TPSA) is 44.8 Å².